The van der Waals surface area contributed by atoms with Gasteiger partial charge in [0.25, 0.3) is 0 Å². The van der Waals surface area contributed by atoms with Crippen molar-refractivity contribution < 1.29 is 9.59 Å². The van der Waals surface area contributed by atoms with E-state index in [9.17, 15) is 9.59 Å². The lowest BCUT2D eigenvalue weighted by Gasteiger charge is -2.11. The van der Waals surface area contributed by atoms with E-state index < -0.39 is 11.8 Å². The van der Waals surface area contributed by atoms with Crippen LogP contribution in [0.2, 0.25) is 0 Å². The molecule has 92 valence electrons. The number of carbonyl (C=O) groups is 2. The molecule has 4 nitrogen and oxygen atoms in total. The summed E-state index contributed by atoms with van der Waals surface area (Å²) in [6.45, 7) is 6.51. The molecule has 0 aliphatic heterocycles. The summed E-state index contributed by atoms with van der Waals surface area (Å²) in [5.74, 6) is -1.27. The van der Waals surface area contributed by atoms with Crippen molar-refractivity contribution in [1.82, 2.24) is 5.32 Å². The quantitative estimate of drug-likeness (QED) is 0.772. The van der Waals surface area contributed by atoms with E-state index in [1.807, 2.05) is 19.1 Å². The van der Waals surface area contributed by atoms with Gasteiger partial charge in [0.2, 0.25) is 0 Å². The Morgan fingerprint density at radius 2 is 2.00 bits per heavy atom. The van der Waals surface area contributed by atoms with Gasteiger partial charge in [0, 0.05) is 6.54 Å². The lowest BCUT2D eigenvalue weighted by Crippen LogP contribution is -2.35. The van der Waals surface area contributed by atoms with Crippen molar-refractivity contribution in [2.24, 2.45) is 5.73 Å². The number of hydrogen-bond donors (Lipinski definition) is 2. The highest BCUT2D eigenvalue weighted by atomic mass is 16.2. The minimum atomic E-state index is -0.956. The van der Waals surface area contributed by atoms with Crippen LogP contribution in [0.5, 0.6) is 0 Å². The van der Waals surface area contributed by atoms with Gasteiger partial charge in [-0.25, -0.2) is 0 Å². The van der Waals surface area contributed by atoms with E-state index in [0.29, 0.717) is 12.5 Å². The molecule has 0 saturated carbocycles. The van der Waals surface area contributed by atoms with Crippen molar-refractivity contribution in [1.29, 1.82) is 0 Å². The van der Waals surface area contributed by atoms with E-state index in [4.69, 9.17) is 5.73 Å². The third-order valence-electron chi connectivity index (χ3n) is 2.70. The van der Waals surface area contributed by atoms with Crippen LogP contribution in [0.1, 0.15) is 36.5 Å². The zero-order valence-electron chi connectivity index (χ0n) is 10.4. The summed E-state index contributed by atoms with van der Waals surface area (Å²) < 4.78 is 0. The second-order valence-corrected chi connectivity index (χ2v) is 4.39. The van der Waals surface area contributed by atoms with Gasteiger partial charge in [0.1, 0.15) is 0 Å². The summed E-state index contributed by atoms with van der Waals surface area (Å²) in [6, 6.07) is 6.13. The summed E-state index contributed by atoms with van der Waals surface area (Å²) in [4.78, 5) is 21.7. The highest BCUT2D eigenvalue weighted by molar-refractivity contribution is 6.34. The molecule has 4 heteroatoms. The van der Waals surface area contributed by atoms with Gasteiger partial charge in [-0.2, -0.15) is 0 Å². The molecule has 0 atom stereocenters. The Labute approximate surface area is 101 Å². The maximum absolute atomic E-state index is 11.1. The van der Waals surface area contributed by atoms with Gasteiger partial charge in [-0.15, -0.1) is 0 Å². The Balaban J connectivity index is 2.80. The molecule has 1 aromatic rings. The molecule has 0 fully saturated rings. The first-order valence-corrected chi connectivity index (χ1v) is 5.59. The van der Waals surface area contributed by atoms with E-state index in [-0.39, 0.29) is 0 Å². The van der Waals surface area contributed by atoms with Crippen LogP contribution >= 0.6 is 0 Å². The number of benzene rings is 1. The Morgan fingerprint density at radius 1 is 1.35 bits per heavy atom. The predicted octanol–water partition coefficient (Wildman–Crippen LogP) is 1.22. The molecule has 0 bridgehead atoms. The fourth-order valence-corrected chi connectivity index (χ4v) is 1.50. The topological polar surface area (TPSA) is 72.2 Å². The van der Waals surface area contributed by atoms with Gasteiger partial charge in [-0.05, 0) is 29.5 Å². The Bertz CT molecular complexity index is 439. The number of rotatable bonds is 3. The molecular formula is C13H18N2O2. The Hall–Kier alpha value is -1.84. The van der Waals surface area contributed by atoms with Gasteiger partial charge in [0.15, 0.2) is 0 Å². The van der Waals surface area contributed by atoms with Crippen molar-refractivity contribution in [3.05, 3.63) is 34.9 Å². The average molecular weight is 234 g/mol. The molecule has 1 rings (SSSR count). The zero-order chi connectivity index (χ0) is 13.0. The van der Waals surface area contributed by atoms with E-state index in [1.54, 1.807) is 0 Å². The van der Waals surface area contributed by atoms with E-state index in [0.717, 1.165) is 11.1 Å². The number of nitrogens with one attached hydrogen (secondary N) is 1. The minimum Gasteiger partial charge on any atom is -0.361 e. The summed E-state index contributed by atoms with van der Waals surface area (Å²) in [5, 5.41) is 2.49. The average Bonchev–Trinajstić information content (AvgIpc) is 2.26. The van der Waals surface area contributed by atoms with Crippen molar-refractivity contribution in [2.45, 2.75) is 33.2 Å². The smallest absolute Gasteiger partial charge is 0.309 e. The third-order valence-corrected chi connectivity index (χ3v) is 2.70. The molecule has 2 amide bonds. The van der Waals surface area contributed by atoms with Gasteiger partial charge in [-0.1, -0.05) is 32.0 Å². The normalized spacial score (nSPS) is 10.4. The monoisotopic (exact) mass is 234 g/mol. The van der Waals surface area contributed by atoms with E-state index in [1.165, 1.54) is 5.56 Å². The zero-order valence-corrected chi connectivity index (χ0v) is 10.4. The molecule has 0 heterocycles. The molecule has 0 aliphatic rings. The van der Waals surface area contributed by atoms with Crippen LogP contribution in [-0.2, 0) is 16.1 Å². The number of nitrogens with two attached hydrogens (primary N) is 1. The summed E-state index contributed by atoms with van der Waals surface area (Å²) in [5.41, 5.74) is 8.16. The third kappa shape index (κ3) is 3.59. The van der Waals surface area contributed by atoms with E-state index >= 15 is 0 Å². The van der Waals surface area contributed by atoms with Gasteiger partial charge in [0.05, 0.1) is 0 Å². The van der Waals surface area contributed by atoms with Crippen molar-refractivity contribution in [3.8, 4) is 0 Å². The molecule has 17 heavy (non-hydrogen) atoms. The van der Waals surface area contributed by atoms with Crippen molar-refractivity contribution in [3.63, 3.8) is 0 Å². The Kier molecular flexibility index (Phi) is 4.26. The SMILES string of the molecule is Cc1ccc(C(C)C)cc1CNC(=O)C(N)=O. The van der Waals surface area contributed by atoms with Crippen LogP contribution in [0.25, 0.3) is 0 Å². The Morgan fingerprint density at radius 3 is 2.53 bits per heavy atom. The van der Waals surface area contributed by atoms with Gasteiger partial charge >= 0.3 is 11.8 Å². The first-order chi connectivity index (χ1) is 7.91. The first-order valence-electron chi connectivity index (χ1n) is 5.59. The number of aryl methyl sites for hydroxylation is 1. The molecular weight excluding hydrogens is 216 g/mol. The van der Waals surface area contributed by atoms with Crippen LogP contribution in [0.15, 0.2) is 18.2 Å². The fraction of sp³-hybridized carbons (Fsp3) is 0.385. The maximum Gasteiger partial charge on any atom is 0.309 e. The lowest BCUT2D eigenvalue weighted by molar-refractivity contribution is -0.137. The summed E-state index contributed by atoms with van der Waals surface area (Å²) in [6.07, 6.45) is 0. The van der Waals surface area contributed by atoms with Crippen molar-refractivity contribution >= 4 is 11.8 Å². The largest absolute Gasteiger partial charge is 0.361 e. The molecule has 0 unspecified atom stereocenters. The second-order valence-electron chi connectivity index (χ2n) is 4.39. The number of primary amides is 1. The lowest BCUT2D eigenvalue weighted by atomic mass is 9.98. The van der Waals surface area contributed by atoms with Crippen LogP contribution < -0.4 is 11.1 Å². The van der Waals surface area contributed by atoms with Crippen molar-refractivity contribution in [2.75, 3.05) is 0 Å². The van der Waals surface area contributed by atoms with Crippen LogP contribution in [-0.4, -0.2) is 11.8 Å². The molecule has 0 radical (unpaired) electrons. The molecule has 3 N–H and O–H groups in total. The molecule has 0 spiro atoms. The van der Waals surface area contributed by atoms with Gasteiger partial charge < -0.3 is 11.1 Å². The fourth-order valence-electron chi connectivity index (χ4n) is 1.50. The highest BCUT2D eigenvalue weighted by Crippen LogP contribution is 2.18. The molecule has 0 saturated heterocycles. The maximum atomic E-state index is 11.1. The minimum absolute atomic E-state index is 0.328. The van der Waals surface area contributed by atoms with Crippen LogP contribution in [0.3, 0.4) is 0 Å². The molecule has 1 aromatic carbocycles. The summed E-state index contributed by atoms with van der Waals surface area (Å²) >= 11 is 0. The predicted molar refractivity (Wildman–Crippen MR) is 66.3 cm³/mol. The number of amides is 2. The first kappa shape index (κ1) is 13.2. The van der Waals surface area contributed by atoms with Crippen LogP contribution in [0.4, 0.5) is 0 Å². The second kappa shape index (κ2) is 5.48. The summed E-state index contributed by atoms with van der Waals surface area (Å²) in [7, 11) is 0. The highest BCUT2D eigenvalue weighted by Gasteiger charge is 2.09. The van der Waals surface area contributed by atoms with E-state index in [2.05, 4.69) is 25.2 Å². The number of hydrogen-bond acceptors (Lipinski definition) is 2. The number of carbonyl (C=O) groups excluding carboxylic acids is 2. The van der Waals surface area contributed by atoms with Crippen LogP contribution in [0, 0.1) is 6.92 Å². The van der Waals surface area contributed by atoms with Gasteiger partial charge in [-0.3, -0.25) is 9.59 Å². The molecule has 0 aromatic heterocycles. The standard InChI is InChI=1S/C13H18N2O2/c1-8(2)10-5-4-9(3)11(6-10)7-15-13(17)12(14)16/h4-6,8H,7H2,1-3H3,(H2,14,16)(H,15,17). The molecule has 0 aliphatic carbocycles.